The van der Waals surface area contributed by atoms with Gasteiger partial charge in [0, 0.05) is 12.3 Å². The summed E-state index contributed by atoms with van der Waals surface area (Å²) in [5, 5.41) is 8.87. The first-order valence-corrected chi connectivity index (χ1v) is 15.3. The van der Waals surface area contributed by atoms with E-state index in [0.717, 1.165) is 50.0 Å². The molecule has 2 heterocycles. The van der Waals surface area contributed by atoms with Crippen LogP contribution in [-0.2, 0) is 23.8 Å². The molecule has 0 aromatic heterocycles. The van der Waals surface area contributed by atoms with Crippen molar-refractivity contribution in [3.05, 3.63) is 0 Å². The summed E-state index contributed by atoms with van der Waals surface area (Å²) in [6, 6.07) is 0. The number of fused-ring (bicyclic) bond motifs is 7. The number of carboxylic acid groups (broad SMARTS) is 1. The smallest absolute Gasteiger partial charge is 0.306 e. The summed E-state index contributed by atoms with van der Waals surface area (Å²) in [7, 11) is 0. The third-order valence-corrected chi connectivity index (χ3v) is 12.7. The average molecular weight is 517 g/mol. The summed E-state index contributed by atoms with van der Waals surface area (Å²) >= 11 is 0. The van der Waals surface area contributed by atoms with Gasteiger partial charge in [-0.25, -0.2) is 0 Å². The van der Waals surface area contributed by atoms with E-state index in [9.17, 15) is 9.59 Å². The normalized spacial score (nSPS) is 52.6. The zero-order valence-corrected chi connectivity index (χ0v) is 23.4. The maximum Gasteiger partial charge on any atom is 0.306 e. The minimum absolute atomic E-state index is 0.0209. The maximum absolute atomic E-state index is 12.2. The predicted octanol–water partition coefficient (Wildman–Crippen LogP) is 6.21. The molecule has 0 bridgehead atoms. The minimum atomic E-state index is -0.942. The van der Waals surface area contributed by atoms with E-state index >= 15 is 0 Å². The molecule has 4 aliphatic carbocycles. The van der Waals surface area contributed by atoms with Crippen molar-refractivity contribution < 1.29 is 28.9 Å². The molecule has 208 valence electrons. The second-order valence-electron chi connectivity index (χ2n) is 14.5. The first-order chi connectivity index (χ1) is 17.6. The van der Waals surface area contributed by atoms with E-state index in [-0.39, 0.29) is 30.7 Å². The number of rotatable bonds is 4. The zero-order valence-electron chi connectivity index (χ0n) is 23.4. The van der Waals surface area contributed by atoms with Gasteiger partial charge in [-0.15, -0.1) is 0 Å². The highest BCUT2D eigenvalue weighted by Crippen LogP contribution is 2.71. The van der Waals surface area contributed by atoms with Crippen LogP contribution in [0.5, 0.6) is 0 Å². The Morgan fingerprint density at radius 1 is 0.919 bits per heavy atom. The molecule has 12 atom stereocenters. The Labute approximate surface area is 222 Å². The number of ether oxygens (including phenoxy) is 3. The number of hydrogen-bond acceptors (Lipinski definition) is 5. The lowest BCUT2D eigenvalue weighted by atomic mass is 9.44. The maximum atomic E-state index is 12.2. The average Bonchev–Trinajstić information content (AvgIpc) is 3.30. The standard InChI is InChI=1S/C31H48O6/c1-18-9-14-31(35-17-18)19(2)28-25(37-31)16-24-22-6-5-20-15-21(36-27(34)8-7-26(32)33)10-12-29(20,3)23(22)11-13-30(24,28)4/h18-25,28H,5-17H2,1-4H3,(H,32,33)/t18-,19+,20?,21-,22?,23?,24?,25?,28?,29+,30+,31-/m1/s1. The lowest BCUT2D eigenvalue weighted by molar-refractivity contribution is -0.273. The van der Waals surface area contributed by atoms with Crippen LogP contribution in [0.25, 0.3) is 0 Å². The van der Waals surface area contributed by atoms with Crippen LogP contribution in [-0.4, -0.2) is 41.6 Å². The van der Waals surface area contributed by atoms with Gasteiger partial charge in [0.05, 0.1) is 25.6 Å². The highest BCUT2D eigenvalue weighted by atomic mass is 16.7. The van der Waals surface area contributed by atoms with Crippen LogP contribution in [0.3, 0.4) is 0 Å². The van der Waals surface area contributed by atoms with Crippen LogP contribution < -0.4 is 0 Å². The van der Waals surface area contributed by atoms with E-state index in [1.54, 1.807) is 0 Å². The molecule has 0 aromatic rings. The SMILES string of the molecule is C[C@@H]1CC[C@@]2(OC1)OC1CC3C4CCC5C[C@H](OC(=O)CCC(=O)O)CC[C@]5(C)C4CC[C@]3(C)C1[C@@H]2C. The van der Waals surface area contributed by atoms with Gasteiger partial charge in [-0.05, 0) is 104 Å². The number of hydrogen-bond donors (Lipinski definition) is 1. The largest absolute Gasteiger partial charge is 0.481 e. The molecule has 0 radical (unpaired) electrons. The molecule has 1 N–H and O–H groups in total. The molecule has 1 spiro atoms. The van der Waals surface area contributed by atoms with Gasteiger partial charge >= 0.3 is 11.9 Å². The Morgan fingerprint density at radius 2 is 1.70 bits per heavy atom. The zero-order chi connectivity index (χ0) is 26.2. The van der Waals surface area contributed by atoms with Crippen molar-refractivity contribution >= 4 is 11.9 Å². The highest BCUT2D eigenvalue weighted by Gasteiger charge is 2.69. The Balaban J connectivity index is 1.13. The van der Waals surface area contributed by atoms with Gasteiger partial charge in [0.1, 0.15) is 6.10 Å². The van der Waals surface area contributed by atoms with Gasteiger partial charge in [0.15, 0.2) is 5.79 Å². The molecule has 6 aliphatic rings. The molecular formula is C31H48O6. The summed E-state index contributed by atoms with van der Waals surface area (Å²) in [4.78, 5) is 23.0. The van der Waals surface area contributed by atoms with Crippen molar-refractivity contribution in [3.8, 4) is 0 Å². The monoisotopic (exact) mass is 516 g/mol. The molecular weight excluding hydrogens is 468 g/mol. The van der Waals surface area contributed by atoms with Crippen molar-refractivity contribution in [1.82, 2.24) is 0 Å². The van der Waals surface area contributed by atoms with Crippen LogP contribution in [0.2, 0.25) is 0 Å². The molecule has 6 heteroatoms. The topological polar surface area (TPSA) is 82.1 Å². The Morgan fingerprint density at radius 3 is 2.43 bits per heavy atom. The van der Waals surface area contributed by atoms with Gasteiger partial charge in [0.2, 0.25) is 0 Å². The first-order valence-electron chi connectivity index (χ1n) is 15.3. The number of aliphatic carboxylic acids is 1. The fraction of sp³-hybridized carbons (Fsp3) is 0.935. The van der Waals surface area contributed by atoms with Crippen LogP contribution in [0.15, 0.2) is 0 Å². The second-order valence-corrected chi connectivity index (χ2v) is 14.5. The van der Waals surface area contributed by atoms with Gasteiger partial charge in [-0.3, -0.25) is 9.59 Å². The van der Waals surface area contributed by atoms with E-state index in [0.29, 0.717) is 40.6 Å². The number of esters is 1. The van der Waals surface area contributed by atoms with Crippen molar-refractivity contribution in [1.29, 1.82) is 0 Å². The quantitative estimate of drug-likeness (QED) is 0.448. The molecule has 4 saturated carbocycles. The number of carbonyl (C=O) groups excluding carboxylic acids is 1. The first kappa shape index (κ1) is 26.1. The van der Waals surface area contributed by atoms with Gasteiger partial charge < -0.3 is 19.3 Å². The fourth-order valence-electron chi connectivity index (χ4n) is 10.8. The summed E-state index contributed by atoms with van der Waals surface area (Å²) in [6.07, 6.45) is 11.7. The molecule has 0 amide bonds. The predicted molar refractivity (Wildman–Crippen MR) is 138 cm³/mol. The Hall–Kier alpha value is -1.14. The molecule has 6 rings (SSSR count). The van der Waals surface area contributed by atoms with E-state index in [1.165, 1.54) is 38.5 Å². The Kier molecular flexibility index (Phi) is 6.50. The van der Waals surface area contributed by atoms with E-state index < -0.39 is 5.97 Å². The summed E-state index contributed by atoms with van der Waals surface area (Å²) < 4.78 is 19.2. The molecule has 6 unspecified atom stereocenters. The van der Waals surface area contributed by atoms with Crippen molar-refractivity contribution in [2.24, 2.45) is 52.3 Å². The fourth-order valence-corrected chi connectivity index (χ4v) is 10.8. The Bertz CT molecular complexity index is 909. The van der Waals surface area contributed by atoms with Crippen LogP contribution >= 0.6 is 0 Å². The van der Waals surface area contributed by atoms with E-state index in [4.69, 9.17) is 19.3 Å². The summed E-state index contributed by atoms with van der Waals surface area (Å²) in [6.45, 7) is 10.7. The van der Waals surface area contributed by atoms with E-state index in [1.807, 2.05) is 0 Å². The van der Waals surface area contributed by atoms with Crippen LogP contribution in [0.4, 0.5) is 0 Å². The third-order valence-electron chi connectivity index (χ3n) is 12.7. The van der Waals surface area contributed by atoms with Gasteiger partial charge in [-0.2, -0.15) is 0 Å². The van der Waals surface area contributed by atoms with Crippen molar-refractivity contribution in [3.63, 3.8) is 0 Å². The number of carboxylic acids is 1. The van der Waals surface area contributed by atoms with Crippen molar-refractivity contribution in [2.75, 3.05) is 6.61 Å². The summed E-state index contributed by atoms with van der Waals surface area (Å²) in [5.74, 6) is 2.96. The number of carbonyl (C=O) groups is 2. The van der Waals surface area contributed by atoms with Gasteiger partial charge in [0.25, 0.3) is 0 Å². The summed E-state index contributed by atoms with van der Waals surface area (Å²) in [5.41, 5.74) is 0.670. The second kappa shape index (κ2) is 9.21. The highest BCUT2D eigenvalue weighted by molar-refractivity contribution is 5.76. The molecule has 6 nitrogen and oxygen atoms in total. The van der Waals surface area contributed by atoms with E-state index in [2.05, 4.69) is 27.7 Å². The van der Waals surface area contributed by atoms with Gasteiger partial charge in [-0.1, -0.05) is 27.7 Å². The lowest BCUT2D eigenvalue weighted by Gasteiger charge is -2.61. The molecule has 2 saturated heterocycles. The lowest BCUT2D eigenvalue weighted by Crippen LogP contribution is -2.55. The van der Waals surface area contributed by atoms with Crippen molar-refractivity contribution in [2.45, 2.75) is 123 Å². The minimum Gasteiger partial charge on any atom is -0.481 e. The molecule has 6 fully saturated rings. The molecule has 37 heavy (non-hydrogen) atoms. The molecule has 0 aromatic carbocycles. The molecule has 2 aliphatic heterocycles. The van der Waals surface area contributed by atoms with Crippen LogP contribution in [0.1, 0.15) is 105 Å². The van der Waals surface area contributed by atoms with Crippen LogP contribution in [0, 0.1) is 52.3 Å². The third kappa shape index (κ3) is 4.10.